The summed E-state index contributed by atoms with van der Waals surface area (Å²) in [6, 6.07) is 4.50. The largest absolute Gasteiger partial charge is 0.381 e. The minimum absolute atomic E-state index is 0.494. The lowest BCUT2D eigenvalue weighted by Gasteiger charge is -2.15. The monoisotopic (exact) mass is 305 g/mol. The van der Waals surface area contributed by atoms with Crippen molar-refractivity contribution in [3.63, 3.8) is 0 Å². The van der Waals surface area contributed by atoms with Crippen molar-refractivity contribution in [1.29, 1.82) is 0 Å². The zero-order valence-electron chi connectivity index (χ0n) is 10.4. The number of nitrogens with zero attached hydrogens (tertiary/aromatic N) is 2. The third-order valence-corrected chi connectivity index (χ3v) is 3.76. The lowest BCUT2D eigenvalue weighted by atomic mass is 10.1. The highest BCUT2D eigenvalue weighted by molar-refractivity contribution is 9.10. The Morgan fingerprint density at radius 2 is 2.28 bits per heavy atom. The van der Waals surface area contributed by atoms with Gasteiger partial charge in [-0.3, -0.25) is 9.97 Å². The molecule has 1 unspecified atom stereocenters. The molecular formula is C14H16BrN3. The molecule has 2 aromatic rings. The predicted molar refractivity (Wildman–Crippen MR) is 77.7 cm³/mol. The first kappa shape index (κ1) is 11.9. The number of pyridine rings is 2. The fraction of sp³-hybridized carbons (Fsp3) is 0.429. The maximum Gasteiger partial charge on any atom is 0.112 e. The molecule has 0 amide bonds. The molecule has 3 nitrogen and oxygen atoms in total. The van der Waals surface area contributed by atoms with Gasteiger partial charge in [0.1, 0.15) is 5.52 Å². The molecule has 0 bridgehead atoms. The third kappa shape index (κ3) is 2.64. The normalized spacial score (nSPS) is 16.8. The first-order valence-electron chi connectivity index (χ1n) is 6.39. The average molecular weight is 306 g/mol. The van der Waals surface area contributed by atoms with Crippen LogP contribution in [0.15, 0.2) is 29.0 Å². The third-order valence-electron chi connectivity index (χ3n) is 3.33. The Hall–Kier alpha value is -1.16. The topological polar surface area (TPSA) is 37.8 Å². The number of halogens is 1. The van der Waals surface area contributed by atoms with E-state index in [-0.39, 0.29) is 0 Å². The number of rotatable bonds is 4. The van der Waals surface area contributed by atoms with Crippen molar-refractivity contribution in [2.24, 2.45) is 5.92 Å². The van der Waals surface area contributed by atoms with Gasteiger partial charge in [0.15, 0.2) is 0 Å². The van der Waals surface area contributed by atoms with Crippen LogP contribution in [0, 0.1) is 5.92 Å². The maximum atomic E-state index is 4.46. The Balaban J connectivity index is 1.86. The molecule has 4 heteroatoms. The summed E-state index contributed by atoms with van der Waals surface area (Å²) in [6.45, 7) is 2.24. The van der Waals surface area contributed by atoms with E-state index >= 15 is 0 Å². The molecule has 94 valence electrons. The van der Waals surface area contributed by atoms with Crippen LogP contribution in [0.3, 0.4) is 0 Å². The molecule has 1 aliphatic rings. The quantitative estimate of drug-likeness (QED) is 0.928. The van der Waals surface area contributed by atoms with E-state index < -0.39 is 0 Å². The number of nitrogens with one attached hydrogen (secondary N) is 1. The highest BCUT2D eigenvalue weighted by Gasteiger charge is 2.23. The van der Waals surface area contributed by atoms with E-state index in [1.807, 2.05) is 24.5 Å². The minimum Gasteiger partial charge on any atom is -0.381 e. The second-order valence-electron chi connectivity index (χ2n) is 5.10. The summed E-state index contributed by atoms with van der Waals surface area (Å²) in [5.41, 5.74) is 2.96. The highest BCUT2D eigenvalue weighted by Crippen LogP contribution is 2.34. The summed E-state index contributed by atoms with van der Waals surface area (Å²) in [4.78, 5) is 8.81. The molecule has 0 aromatic carbocycles. The van der Waals surface area contributed by atoms with Crippen molar-refractivity contribution in [3.05, 3.63) is 29.0 Å². The van der Waals surface area contributed by atoms with Gasteiger partial charge in [0, 0.05) is 22.9 Å². The van der Waals surface area contributed by atoms with Crippen LogP contribution in [0.1, 0.15) is 26.2 Å². The molecule has 0 spiro atoms. The number of hydrogen-bond donors (Lipinski definition) is 1. The molecule has 1 atom stereocenters. The van der Waals surface area contributed by atoms with Gasteiger partial charge in [-0.05, 0) is 47.3 Å². The first-order chi connectivity index (χ1) is 8.72. The van der Waals surface area contributed by atoms with Gasteiger partial charge in [0.2, 0.25) is 0 Å². The van der Waals surface area contributed by atoms with Crippen LogP contribution in [-0.2, 0) is 0 Å². The standard InChI is InChI=1S/C14H16BrN3/c1-9(6-10-2-3-10)18-12-4-5-16-13-7-11(15)8-17-14(12)13/h4-5,7-10H,2-3,6H2,1H3,(H,16,18). The molecule has 2 heterocycles. The minimum atomic E-state index is 0.494. The van der Waals surface area contributed by atoms with Crippen LogP contribution in [0.2, 0.25) is 0 Å². The number of hydrogen-bond acceptors (Lipinski definition) is 3. The highest BCUT2D eigenvalue weighted by atomic mass is 79.9. The SMILES string of the molecule is CC(CC1CC1)Nc1ccnc2cc(Br)cnc12. The number of anilines is 1. The van der Waals surface area contributed by atoms with Gasteiger partial charge in [-0.1, -0.05) is 12.8 Å². The van der Waals surface area contributed by atoms with E-state index in [1.54, 1.807) is 0 Å². The van der Waals surface area contributed by atoms with Crippen molar-refractivity contribution in [2.45, 2.75) is 32.2 Å². The Kier molecular flexibility index (Phi) is 3.20. The number of aromatic nitrogens is 2. The Morgan fingerprint density at radius 1 is 1.44 bits per heavy atom. The van der Waals surface area contributed by atoms with E-state index in [2.05, 4.69) is 38.1 Å². The second kappa shape index (κ2) is 4.84. The fourth-order valence-corrected chi connectivity index (χ4v) is 2.62. The lowest BCUT2D eigenvalue weighted by Crippen LogP contribution is -2.16. The van der Waals surface area contributed by atoms with Gasteiger partial charge >= 0.3 is 0 Å². The molecule has 18 heavy (non-hydrogen) atoms. The molecule has 0 radical (unpaired) electrons. The van der Waals surface area contributed by atoms with Gasteiger partial charge in [0.25, 0.3) is 0 Å². The van der Waals surface area contributed by atoms with Gasteiger partial charge in [0.05, 0.1) is 11.2 Å². The van der Waals surface area contributed by atoms with Gasteiger partial charge in [-0.2, -0.15) is 0 Å². The maximum absolute atomic E-state index is 4.46. The summed E-state index contributed by atoms with van der Waals surface area (Å²) in [6.07, 6.45) is 7.70. The van der Waals surface area contributed by atoms with Gasteiger partial charge in [-0.25, -0.2) is 0 Å². The van der Waals surface area contributed by atoms with E-state index in [0.29, 0.717) is 6.04 Å². The van der Waals surface area contributed by atoms with Crippen LogP contribution >= 0.6 is 15.9 Å². The molecule has 0 saturated heterocycles. The molecule has 0 aliphatic heterocycles. The fourth-order valence-electron chi connectivity index (χ4n) is 2.30. The Bertz CT molecular complexity index is 566. The van der Waals surface area contributed by atoms with Crippen LogP contribution in [-0.4, -0.2) is 16.0 Å². The Labute approximate surface area is 115 Å². The summed E-state index contributed by atoms with van der Waals surface area (Å²) in [5.74, 6) is 0.933. The Morgan fingerprint density at radius 3 is 3.06 bits per heavy atom. The van der Waals surface area contributed by atoms with Crippen molar-refractivity contribution in [2.75, 3.05) is 5.32 Å². The molecule has 2 aromatic heterocycles. The van der Waals surface area contributed by atoms with Gasteiger partial charge in [-0.15, -0.1) is 0 Å². The molecule has 1 aliphatic carbocycles. The van der Waals surface area contributed by atoms with Crippen molar-refractivity contribution < 1.29 is 0 Å². The summed E-state index contributed by atoms with van der Waals surface area (Å²) in [5, 5.41) is 3.56. The zero-order valence-corrected chi connectivity index (χ0v) is 11.9. The average Bonchev–Trinajstić information content (AvgIpc) is 3.12. The van der Waals surface area contributed by atoms with Crippen LogP contribution in [0.25, 0.3) is 11.0 Å². The number of fused-ring (bicyclic) bond motifs is 1. The molecule has 1 fully saturated rings. The van der Waals surface area contributed by atoms with Gasteiger partial charge < -0.3 is 5.32 Å². The van der Waals surface area contributed by atoms with Crippen LogP contribution < -0.4 is 5.32 Å². The predicted octanol–water partition coefficient (Wildman–Crippen LogP) is 3.99. The first-order valence-corrected chi connectivity index (χ1v) is 7.18. The summed E-state index contributed by atoms with van der Waals surface area (Å²) < 4.78 is 0.964. The molecule has 1 N–H and O–H groups in total. The molecule has 1 saturated carbocycles. The van der Waals surface area contributed by atoms with E-state index in [1.165, 1.54) is 19.3 Å². The zero-order chi connectivity index (χ0) is 12.5. The van der Waals surface area contributed by atoms with Crippen molar-refractivity contribution >= 4 is 32.7 Å². The van der Waals surface area contributed by atoms with E-state index in [9.17, 15) is 0 Å². The lowest BCUT2D eigenvalue weighted by molar-refractivity contribution is 0.642. The van der Waals surface area contributed by atoms with E-state index in [4.69, 9.17) is 0 Å². The molecule has 3 rings (SSSR count). The second-order valence-corrected chi connectivity index (χ2v) is 6.02. The summed E-state index contributed by atoms with van der Waals surface area (Å²) >= 11 is 3.43. The smallest absolute Gasteiger partial charge is 0.112 e. The van der Waals surface area contributed by atoms with Crippen molar-refractivity contribution in [1.82, 2.24) is 9.97 Å². The van der Waals surface area contributed by atoms with Crippen LogP contribution in [0.5, 0.6) is 0 Å². The molecular weight excluding hydrogens is 290 g/mol. The van der Waals surface area contributed by atoms with E-state index in [0.717, 1.165) is 27.1 Å². The van der Waals surface area contributed by atoms with Crippen molar-refractivity contribution in [3.8, 4) is 0 Å². The summed E-state index contributed by atoms with van der Waals surface area (Å²) in [7, 11) is 0. The van der Waals surface area contributed by atoms with Crippen LogP contribution in [0.4, 0.5) is 5.69 Å².